The summed E-state index contributed by atoms with van der Waals surface area (Å²) in [7, 11) is 4.07. The van der Waals surface area contributed by atoms with Gasteiger partial charge >= 0.3 is 0 Å². The minimum atomic E-state index is 0.324. The van der Waals surface area contributed by atoms with E-state index in [9.17, 15) is 0 Å². The summed E-state index contributed by atoms with van der Waals surface area (Å²) in [5.74, 6) is 0. The van der Waals surface area contributed by atoms with Crippen molar-refractivity contribution in [3.8, 4) is 0 Å². The number of hydrogen-bond donors (Lipinski definition) is 0. The van der Waals surface area contributed by atoms with Gasteiger partial charge in [0, 0.05) is 11.9 Å². The number of hydrogen-bond acceptors (Lipinski definition) is 1. The van der Waals surface area contributed by atoms with Crippen molar-refractivity contribution in [2.45, 2.75) is 18.7 Å². The van der Waals surface area contributed by atoms with Crippen LogP contribution in [0, 0.1) is 0 Å². The van der Waals surface area contributed by atoms with E-state index in [0.717, 1.165) is 13.0 Å². The largest absolute Gasteiger partial charge is 0.308 e. The van der Waals surface area contributed by atoms with E-state index in [-0.39, 0.29) is 0 Å². The van der Waals surface area contributed by atoms with Crippen molar-refractivity contribution in [2.24, 2.45) is 0 Å². The van der Waals surface area contributed by atoms with Crippen molar-refractivity contribution in [1.29, 1.82) is 0 Å². The highest BCUT2D eigenvalue weighted by atomic mass is 35.5. The van der Waals surface area contributed by atoms with Crippen LogP contribution < -0.4 is 0 Å². The third-order valence-electron chi connectivity index (χ3n) is 1.01. The number of alkyl halides is 1. The molecule has 0 aliphatic carbocycles. The number of nitrogens with zero attached hydrogens (tertiary/aromatic N) is 1. The van der Waals surface area contributed by atoms with Gasteiger partial charge in [0.2, 0.25) is 0 Å². The topological polar surface area (TPSA) is 3.24 Å². The molecule has 1 nitrogen and oxygen atoms in total. The molecule has 0 N–H and O–H groups in total. The molecule has 0 amide bonds. The molecule has 0 heterocycles. The molecule has 0 aliphatic rings. The number of halogens is 1. The predicted octanol–water partition coefficient (Wildman–Crippen LogP) is 1.57. The summed E-state index contributed by atoms with van der Waals surface area (Å²) in [6.45, 7) is 3.08. The average molecular weight is 136 g/mol. The van der Waals surface area contributed by atoms with Crippen LogP contribution in [0.25, 0.3) is 0 Å². The third kappa shape index (κ3) is 4.41. The van der Waals surface area contributed by atoms with Gasteiger partial charge in [-0.15, -0.1) is 11.6 Å². The Kier molecular flexibility index (Phi) is 4.29. The standard InChI is InChI=1S/C6H14ClN/c1-4-6(7)5-8(2)3/h6H,4-5H2,1-3H3. The third-order valence-corrected chi connectivity index (χ3v) is 1.45. The van der Waals surface area contributed by atoms with E-state index < -0.39 is 0 Å². The van der Waals surface area contributed by atoms with Gasteiger partial charge in [-0.2, -0.15) is 0 Å². The molecule has 0 rings (SSSR count). The van der Waals surface area contributed by atoms with Crippen LogP contribution in [-0.2, 0) is 0 Å². The zero-order chi connectivity index (χ0) is 6.57. The van der Waals surface area contributed by atoms with Crippen molar-refractivity contribution in [1.82, 2.24) is 4.90 Å². The van der Waals surface area contributed by atoms with Gasteiger partial charge in [0.05, 0.1) is 0 Å². The van der Waals surface area contributed by atoms with Crippen LogP contribution in [0.1, 0.15) is 13.3 Å². The van der Waals surface area contributed by atoms with Crippen molar-refractivity contribution in [2.75, 3.05) is 20.6 Å². The molecule has 50 valence electrons. The van der Waals surface area contributed by atoms with Crippen LogP contribution in [0.2, 0.25) is 0 Å². The monoisotopic (exact) mass is 135 g/mol. The van der Waals surface area contributed by atoms with Gasteiger partial charge in [-0.1, -0.05) is 6.92 Å². The van der Waals surface area contributed by atoms with Crippen LogP contribution in [0.4, 0.5) is 0 Å². The minimum absolute atomic E-state index is 0.324. The Morgan fingerprint density at radius 1 is 1.50 bits per heavy atom. The predicted molar refractivity (Wildman–Crippen MR) is 38.5 cm³/mol. The molecule has 0 radical (unpaired) electrons. The summed E-state index contributed by atoms with van der Waals surface area (Å²) >= 11 is 5.82. The molecule has 2 heteroatoms. The van der Waals surface area contributed by atoms with Crippen molar-refractivity contribution < 1.29 is 0 Å². The fourth-order valence-electron chi connectivity index (χ4n) is 0.525. The zero-order valence-corrected chi connectivity index (χ0v) is 6.57. The summed E-state index contributed by atoms with van der Waals surface area (Å²) in [6.07, 6.45) is 1.06. The van der Waals surface area contributed by atoms with E-state index in [1.54, 1.807) is 0 Å². The van der Waals surface area contributed by atoms with Crippen molar-refractivity contribution >= 4 is 11.6 Å². The molecule has 0 spiro atoms. The maximum atomic E-state index is 5.82. The zero-order valence-electron chi connectivity index (χ0n) is 5.82. The maximum absolute atomic E-state index is 5.82. The van der Waals surface area contributed by atoms with Gasteiger partial charge in [-0.25, -0.2) is 0 Å². The molecule has 0 aromatic carbocycles. The Hall–Kier alpha value is 0.250. The minimum Gasteiger partial charge on any atom is -0.308 e. The van der Waals surface area contributed by atoms with Crippen LogP contribution in [0.3, 0.4) is 0 Å². The molecule has 1 unspecified atom stereocenters. The average Bonchev–Trinajstić information content (AvgIpc) is 1.65. The molecule has 0 aromatic rings. The highest BCUT2D eigenvalue weighted by molar-refractivity contribution is 6.20. The van der Waals surface area contributed by atoms with Crippen LogP contribution in [-0.4, -0.2) is 30.9 Å². The molecular formula is C6H14ClN. The van der Waals surface area contributed by atoms with E-state index in [2.05, 4.69) is 11.8 Å². The summed E-state index contributed by atoms with van der Waals surface area (Å²) in [5, 5.41) is 0.324. The lowest BCUT2D eigenvalue weighted by atomic mass is 10.3. The van der Waals surface area contributed by atoms with E-state index in [1.165, 1.54) is 0 Å². The van der Waals surface area contributed by atoms with E-state index >= 15 is 0 Å². The highest BCUT2D eigenvalue weighted by Gasteiger charge is 2.00. The second-order valence-corrected chi connectivity index (χ2v) is 2.88. The van der Waals surface area contributed by atoms with Crippen molar-refractivity contribution in [3.05, 3.63) is 0 Å². The molecule has 1 atom stereocenters. The van der Waals surface area contributed by atoms with Gasteiger partial charge in [0.15, 0.2) is 0 Å². The second kappa shape index (κ2) is 4.16. The Labute approximate surface area is 56.6 Å². The van der Waals surface area contributed by atoms with E-state index in [1.807, 2.05) is 14.1 Å². The molecular weight excluding hydrogens is 122 g/mol. The van der Waals surface area contributed by atoms with Gasteiger partial charge in [-0.3, -0.25) is 0 Å². The van der Waals surface area contributed by atoms with Gasteiger partial charge in [0.1, 0.15) is 0 Å². The lowest BCUT2D eigenvalue weighted by Crippen LogP contribution is -2.21. The fourth-order valence-corrected chi connectivity index (χ4v) is 0.801. The van der Waals surface area contributed by atoms with Gasteiger partial charge < -0.3 is 4.90 Å². The fraction of sp³-hybridized carbons (Fsp3) is 1.00. The Morgan fingerprint density at radius 3 is 2.12 bits per heavy atom. The smallest absolute Gasteiger partial charge is 0.0460 e. The second-order valence-electron chi connectivity index (χ2n) is 2.27. The van der Waals surface area contributed by atoms with E-state index in [0.29, 0.717) is 5.38 Å². The molecule has 0 aromatic heterocycles. The summed E-state index contributed by atoms with van der Waals surface area (Å²) in [6, 6.07) is 0. The molecule has 8 heavy (non-hydrogen) atoms. The summed E-state index contributed by atoms with van der Waals surface area (Å²) in [5.41, 5.74) is 0. The van der Waals surface area contributed by atoms with Gasteiger partial charge in [-0.05, 0) is 20.5 Å². The van der Waals surface area contributed by atoms with Gasteiger partial charge in [0.25, 0.3) is 0 Å². The van der Waals surface area contributed by atoms with E-state index in [4.69, 9.17) is 11.6 Å². The van der Waals surface area contributed by atoms with Crippen LogP contribution in [0.5, 0.6) is 0 Å². The number of rotatable bonds is 3. The first-order valence-electron chi connectivity index (χ1n) is 2.95. The normalized spacial score (nSPS) is 14.6. The Balaban J connectivity index is 3.10. The van der Waals surface area contributed by atoms with Crippen molar-refractivity contribution in [3.63, 3.8) is 0 Å². The molecule has 0 aliphatic heterocycles. The summed E-state index contributed by atoms with van der Waals surface area (Å²) in [4.78, 5) is 2.10. The first-order chi connectivity index (χ1) is 3.66. The molecule has 0 saturated carbocycles. The lowest BCUT2D eigenvalue weighted by molar-refractivity contribution is 0.401. The summed E-state index contributed by atoms with van der Waals surface area (Å²) < 4.78 is 0. The maximum Gasteiger partial charge on any atom is 0.0460 e. The Bertz CT molecular complexity index is 54.5. The first kappa shape index (κ1) is 8.25. The molecule has 0 saturated heterocycles. The van der Waals surface area contributed by atoms with Crippen LogP contribution in [0.15, 0.2) is 0 Å². The first-order valence-corrected chi connectivity index (χ1v) is 3.39. The van der Waals surface area contributed by atoms with Crippen LogP contribution >= 0.6 is 11.6 Å². The lowest BCUT2D eigenvalue weighted by Gasteiger charge is -2.12. The molecule has 0 fully saturated rings. The molecule has 0 bridgehead atoms. The SMILES string of the molecule is CCC(Cl)CN(C)C. The quantitative estimate of drug-likeness (QED) is 0.531. The Morgan fingerprint density at radius 2 is 2.00 bits per heavy atom. The highest BCUT2D eigenvalue weighted by Crippen LogP contribution is 2.00.